The number of thiophene rings is 1. The van der Waals surface area contributed by atoms with Crippen LogP contribution in [-0.4, -0.2) is 18.0 Å². The van der Waals surface area contributed by atoms with Gasteiger partial charge in [0.05, 0.1) is 5.56 Å². The first-order chi connectivity index (χ1) is 12.8. The molecule has 1 fully saturated rings. The molecule has 0 aliphatic heterocycles. The molecule has 2 aliphatic rings. The van der Waals surface area contributed by atoms with Gasteiger partial charge in [-0.2, -0.15) is 0 Å². The Labute approximate surface area is 166 Å². The summed E-state index contributed by atoms with van der Waals surface area (Å²) in [5.74, 6) is 0.159. The third-order valence-corrected chi connectivity index (χ3v) is 7.87. The number of anilines is 1. The van der Waals surface area contributed by atoms with Crippen molar-refractivity contribution < 1.29 is 9.59 Å². The number of hydrogen-bond acceptors (Lipinski definition) is 3. The van der Waals surface area contributed by atoms with E-state index in [1.54, 1.807) is 0 Å². The first-order valence-corrected chi connectivity index (χ1v) is 11.1. The molecule has 5 nitrogen and oxygen atoms in total. The first kappa shape index (κ1) is 20.2. The highest BCUT2D eigenvalue weighted by Crippen LogP contribution is 2.45. The summed E-state index contributed by atoms with van der Waals surface area (Å²) in [7, 11) is 0. The third-order valence-electron chi connectivity index (χ3n) is 6.70. The Morgan fingerprint density at radius 2 is 1.89 bits per heavy atom. The van der Waals surface area contributed by atoms with Crippen LogP contribution < -0.4 is 16.4 Å². The van der Waals surface area contributed by atoms with Gasteiger partial charge in [-0.15, -0.1) is 11.3 Å². The van der Waals surface area contributed by atoms with Gasteiger partial charge in [-0.05, 0) is 49.0 Å². The lowest BCUT2D eigenvalue weighted by molar-refractivity contribution is 0.1000. The first-order valence-electron chi connectivity index (χ1n) is 10.3. The van der Waals surface area contributed by atoms with E-state index in [9.17, 15) is 9.59 Å². The molecule has 150 valence electrons. The van der Waals surface area contributed by atoms with E-state index in [0.717, 1.165) is 44.1 Å². The fourth-order valence-corrected chi connectivity index (χ4v) is 5.79. The van der Waals surface area contributed by atoms with E-state index in [1.165, 1.54) is 35.5 Å². The minimum atomic E-state index is -0.436. The fourth-order valence-electron chi connectivity index (χ4n) is 4.46. The van der Waals surface area contributed by atoms with E-state index in [-0.39, 0.29) is 17.5 Å². The molecule has 0 saturated heterocycles. The van der Waals surface area contributed by atoms with Crippen molar-refractivity contribution in [2.75, 3.05) is 5.32 Å². The van der Waals surface area contributed by atoms with Gasteiger partial charge in [-0.1, -0.05) is 46.5 Å². The smallest absolute Gasteiger partial charge is 0.320 e. The standard InChI is InChI=1S/C21H33N3O2S/c1-4-21(2,3)13-10-11-15-16(12-13)27-19(17(15)18(22)25)24-20(26)23-14-8-6-5-7-9-14/h13-14H,4-12H2,1-3H3,(H2,22,25)(H2,23,24,26)/t13-/m0/s1. The Balaban J connectivity index is 1.76. The van der Waals surface area contributed by atoms with Gasteiger partial charge in [0.25, 0.3) is 5.91 Å². The minimum absolute atomic E-state index is 0.214. The summed E-state index contributed by atoms with van der Waals surface area (Å²) in [5, 5.41) is 6.61. The number of amides is 3. The molecule has 0 unspecified atom stereocenters. The zero-order valence-electron chi connectivity index (χ0n) is 16.8. The number of urea groups is 1. The lowest BCUT2D eigenvalue weighted by Gasteiger charge is -2.36. The molecule has 1 saturated carbocycles. The number of primary amides is 1. The topological polar surface area (TPSA) is 84.2 Å². The van der Waals surface area contributed by atoms with Crippen molar-refractivity contribution in [3.63, 3.8) is 0 Å². The van der Waals surface area contributed by atoms with Gasteiger partial charge in [0.15, 0.2) is 0 Å². The highest BCUT2D eigenvalue weighted by Gasteiger charge is 2.35. The van der Waals surface area contributed by atoms with Gasteiger partial charge in [-0.25, -0.2) is 4.79 Å². The highest BCUT2D eigenvalue weighted by atomic mass is 32.1. The summed E-state index contributed by atoms with van der Waals surface area (Å²) >= 11 is 1.54. The second-order valence-corrected chi connectivity index (χ2v) is 9.89. The van der Waals surface area contributed by atoms with Crippen LogP contribution in [0.2, 0.25) is 0 Å². The van der Waals surface area contributed by atoms with E-state index in [4.69, 9.17) is 5.73 Å². The van der Waals surface area contributed by atoms with Crippen LogP contribution >= 0.6 is 11.3 Å². The van der Waals surface area contributed by atoms with E-state index in [2.05, 4.69) is 31.4 Å². The van der Waals surface area contributed by atoms with Crippen molar-refractivity contribution >= 4 is 28.3 Å². The average Bonchev–Trinajstić information content (AvgIpc) is 2.99. The van der Waals surface area contributed by atoms with Crippen LogP contribution in [0.1, 0.15) is 86.5 Å². The molecule has 4 N–H and O–H groups in total. The van der Waals surface area contributed by atoms with Gasteiger partial charge in [0.1, 0.15) is 5.00 Å². The molecule has 1 atom stereocenters. The van der Waals surface area contributed by atoms with E-state index in [0.29, 0.717) is 16.5 Å². The van der Waals surface area contributed by atoms with Crippen molar-refractivity contribution in [3.05, 3.63) is 16.0 Å². The fraction of sp³-hybridized carbons (Fsp3) is 0.714. The minimum Gasteiger partial charge on any atom is -0.365 e. The predicted octanol–water partition coefficient (Wildman–Crippen LogP) is 4.84. The second kappa shape index (κ2) is 8.21. The average molecular weight is 392 g/mol. The highest BCUT2D eigenvalue weighted by molar-refractivity contribution is 7.17. The van der Waals surface area contributed by atoms with Crippen molar-refractivity contribution in [1.29, 1.82) is 0 Å². The largest absolute Gasteiger partial charge is 0.365 e. The van der Waals surface area contributed by atoms with Crippen LogP contribution in [0.25, 0.3) is 0 Å². The Morgan fingerprint density at radius 3 is 2.52 bits per heavy atom. The molecular weight excluding hydrogens is 358 g/mol. The number of carbonyl (C=O) groups excluding carboxylic acids is 2. The molecule has 1 aromatic heterocycles. The predicted molar refractivity (Wildman–Crippen MR) is 111 cm³/mol. The van der Waals surface area contributed by atoms with Crippen LogP contribution in [0.15, 0.2) is 0 Å². The summed E-state index contributed by atoms with van der Waals surface area (Å²) < 4.78 is 0. The lowest BCUT2D eigenvalue weighted by Crippen LogP contribution is -2.39. The summed E-state index contributed by atoms with van der Waals surface area (Å²) in [6.07, 6.45) is 9.68. The summed E-state index contributed by atoms with van der Waals surface area (Å²) in [4.78, 5) is 25.8. The number of carbonyl (C=O) groups is 2. The maximum atomic E-state index is 12.5. The maximum absolute atomic E-state index is 12.5. The number of hydrogen-bond donors (Lipinski definition) is 3. The van der Waals surface area contributed by atoms with Crippen LogP contribution in [-0.2, 0) is 12.8 Å². The van der Waals surface area contributed by atoms with E-state index < -0.39 is 5.91 Å². The number of rotatable bonds is 5. The molecule has 0 bridgehead atoms. The SMILES string of the molecule is CCC(C)(C)[C@H]1CCc2c(sc(NC(=O)NC3CCCCC3)c2C(N)=O)C1. The van der Waals surface area contributed by atoms with Gasteiger partial charge in [0.2, 0.25) is 0 Å². The maximum Gasteiger partial charge on any atom is 0.320 e. The second-order valence-electron chi connectivity index (χ2n) is 8.79. The monoisotopic (exact) mass is 391 g/mol. The Kier molecular flexibility index (Phi) is 6.14. The Bertz CT molecular complexity index is 705. The van der Waals surface area contributed by atoms with Gasteiger partial charge >= 0.3 is 6.03 Å². The molecule has 0 spiro atoms. The van der Waals surface area contributed by atoms with Gasteiger partial charge in [-0.3, -0.25) is 10.1 Å². The van der Waals surface area contributed by atoms with Crippen LogP contribution in [0.3, 0.4) is 0 Å². The Hall–Kier alpha value is -1.56. The van der Waals surface area contributed by atoms with E-state index >= 15 is 0 Å². The normalized spacial score (nSPS) is 20.8. The van der Waals surface area contributed by atoms with Crippen molar-refractivity contribution in [2.24, 2.45) is 17.1 Å². The lowest BCUT2D eigenvalue weighted by atomic mass is 9.69. The molecule has 6 heteroatoms. The van der Waals surface area contributed by atoms with Crippen molar-refractivity contribution in [1.82, 2.24) is 5.32 Å². The molecule has 27 heavy (non-hydrogen) atoms. The van der Waals surface area contributed by atoms with Crippen LogP contribution in [0, 0.1) is 11.3 Å². The zero-order valence-corrected chi connectivity index (χ0v) is 17.6. The molecule has 0 radical (unpaired) electrons. The van der Waals surface area contributed by atoms with Gasteiger partial charge in [0, 0.05) is 10.9 Å². The summed E-state index contributed by atoms with van der Waals surface area (Å²) in [5.41, 5.74) is 7.55. The van der Waals surface area contributed by atoms with Crippen LogP contribution in [0.5, 0.6) is 0 Å². The number of fused-ring (bicyclic) bond motifs is 1. The third kappa shape index (κ3) is 4.48. The zero-order chi connectivity index (χ0) is 19.6. The van der Waals surface area contributed by atoms with Crippen molar-refractivity contribution in [2.45, 2.75) is 84.6 Å². The molecule has 2 aliphatic carbocycles. The summed E-state index contributed by atoms with van der Waals surface area (Å²) in [6.45, 7) is 6.88. The molecular formula is C21H33N3O2S. The van der Waals surface area contributed by atoms with Crippen LogP contribution in [0.4, 0.5) is 9.80 Å². The molecule has 3 amide bonds. The Morgan fingerprint density at radius 1 is 1.19 bits per heavy atom. The molecule has 1 aromatic rings. The van der Waals surface area contributed by atoms with E-state index in [1.807, 2.05) is 0 Å². The summed E-state index contributed by atoms with van der Waals surface area (Å²) in [6, 6.07) is 0.0218. The molecule has 1 heterocycles. The molecule has 3 rings (SSSR count). The van der Waals surface area contributed by atoms with Crippen molar-refractivity contribution in [3.8, 4) is 0 Å². The molecule has 0 aromatic carbocycles. The number of nitrogens with two attached hydrogens (primary N) is 1. The number of nitrogens with one attached hydrogen (secondary N) is 2. The van der Waals surface area contributed by atoms with Gasteiger partial charge < -0.3 is 11.1 Å². The quantitative estimate of drug-likeness (QED) is 0.671.